The van der Waals surface area contributed by atoms with Crippen LogP contribution in [0.1, 0.15) is 31.7 Å². The number of nitrogens with zero attached hydrogens (tertiary/aromatic N) is 6. The molecule has 0 bridgehead atoms. The molecule has 3 heterocycles. The van der Waals surface area contributed by atoms with Crippen molar-refractivity contribution in [2.75, 3.05) is 43.4 Å². The minimum absolute atomic E-state index is 0.0664. The lowest BCUT2D eigenvalue weighted by molar-refractivity contribution is 0.109. The van der Waals surface area contributed by atoms with Gasteiger partial charge in [-0.15, -0.1) is 0 Å². The fourth-order valence-electron chi connectivity index (χ4n) is 5.31. The number of hydrogen-bond acceptors (Lipinski definition) is 8. The van der Waals surface area contributed by atoms with Crippen LogP contribution in [-0.4, -0.2) is 73.1 Å². The topological polar surface area (TPSA) is 99.4 Å². The van der Waals surface area contributed by atoms with Crippen molar-refractivity contribution in [3.63, 3.8) is 0 Å². The molecule has 4 aromatic rings. The van der Waals surface area contributed by atoms with Gasteiger partial charge in [-0.3, -0.25) is 4.57 Å². The molecule has 1 aliphatic carbocycles. The molecule has 198 valence electrons. The van der Waals surface area contributed by atoms with E-state index in [0.29, 0.717) is 40.0 Å². The Labute approximate surface area is 225 Å². The summed E-state index contributed by atoms with van der Waals surface area (Å²) in [7, 11) is 0.700. The van der Waals surface area contributed by atoms with Crippen molar-refractivity contribution in [2.45, 2.75) is 47.9 Å². The number of fused-ring (bicyclic) bond motifs is 1. The lowest BCUT2D eigenvalue weighted by Gasteiger charge is -2.34. The normalized spacial score (nSPS) is 21.5. The number of imidazole rings is 1. The maximum Gasteiger partial charge on any atom is 0.229 e. The van der Waals surface area contributed by atoms with Gasteiger partial charge in [0.05, 0.1) is 12.3 Å². The maximum absolute atomic E-state index is 13.6. The van der Waals surface area contributed by atoms with E-state index in [2.05, 4.69) is 51.4 Å². The zero-order valence-corrected chi connectivity index (χ0v) is 22.3. The van der Waals surface area contributed by atoms with Crippen molar-refractivity contribution >= 4 is 39.3 Å². The van der Waals surface area contributed by atoms with Crippen LogP contribution in [0.3, 0.4) is 0 Å². The van der Waals surface area contributed by atoms with Gasteiger partial charge >= 0.3 is 0 Å². The highest BCUT2D eigenvalue weighted by Crippen LogP contribution is 2.34. The number of likely N-dealkylation sites (N-methyl/N-ethyl adjacent to an activating group) is 1. The first kappa shape index (κ1) is 25.0. The van der Waals surface area contributed by atoms with Crippen LogP contribution < -0.4 is 10.2 Å². The summed E-state index contributed by atoms with van der Waals surface area (Å²) in [6, 6.07) is 17.8. The molecule has 2 aliphatic rings. The first-order valence-corrected chi connectivity index (χ1v) is 14.4. The largest absolute Gasteiger partial charge is 0.393 e. The number of anilines is 3. The second kappa shape index (κ2) is 10.8. The highest BCUT2D eigenvalue weighted by atomic mass is 32.2. The average molecular weight is 532 g/mol. The van der Waals surface area contributed by atoms with E-state index >= 15 is 0 Å². The summed E-state index contributed by atoms with van der Waals surface area (Å²) < 4.78 is 15.6. The van der Waals surface area contributed by atoms with Crippen LogP contribution in [0.15, 0.2) is 70.8 Å². The third kappa shape index (κ3) is 5.16. The van der Waals surface area contributed by atoms with Gasteiger partial charge in [0, 0.05) is 48.5 Å². The van der Waals surface area contributed by atoms with E-state index < -0.39 is 10.8 Å². The van der Waals surface area contributed by atoms with E-state index in [1.54, 1.807) is 6.20 Å². The highest BCUT2D eigenvalue weighted by molar-refractivity contribution is 7.85. The molecule has 2 fully saturated rings. The molecule has 1 aliphatic heterocycles. The minimum atomic E-state index is -1.46. The van der Waals surface area contributed by atoms with Gasteiger partial charge < -0.3 is 20.2 Å². The molecule has 6 rings (SSSR count). The van der Waals surface area contributed by atoms with Crippen LogP contribution in [0.5, 0.6) is 0 Å². The fourth-order valence-corrected chi connectivity index (χ4v) is 6.52. The lowest BCUT2D eigenvalue weighted by atomic mass is 9.93. The predicted octanol–water partition coefficient (Wildman–Crippen LogP) is 3.96. The van der Waals surface area contributed by atoms with E-state index in [0.717, 1.165) is 44.7 Å². The van der Waals surface area contributed by atoms with E-state index in [-0.39, 0.29) is 12.1 Å². The summed E-state index contributed by atoms with van der Waals surface area (Å²) in [6.45, 7) is 4.19. The molecule has 2 aromatic carbocycles. The van der Waals surface area contributed by atoms with Crippen molar-refractivity contribution in [2.24, 2.45) is 0 Å². The molecule has 0 spiro atoms. The van der Waals surface area contributed by atoms with Gasteiger partial charge in [0.1, 0.15) is 16.3 Å². The molecule has 2 N–H and O–H groups in total. The molecule has 38 heavy (non-hydrogen) atoms. The molecular weight excluding hydrogens is 498 g/mol. The van der Waals surface area contributed by atoms with Crippen molar-refractivity contribution in [3.8, 4) is 0 Å². The molecule has 1 atom stereocenters. The molecule has 0 amide bonds. The number of piperazine rings is 1. The number of hydrogen-bond donors (Lipinski definition) is 2. The van der Waals surface area contributed by atoms with Gasteiger partial charge in [-0.05, 0) is 69.1 Å². The summed E-state index contributed by atoms with van der Waals surface area (Å²) in [6.07, 6.45) is 4.39. The summed E-state index contributed by atoms with van der Waals surface area (Å²) in [5, 5.41) is 13.9. The Bertz CT molecular complexity index is 1410. The quantitative estimate of drug-likeness (QED) is 0.386. The van der Waals surface area contributed by atoms with Gasteiger partial charge in [-0.2, -0.15) is 4.98 Å². The van der Waals surface area contributed by atoms with Crippen molar-refractivity contribution < 1.29 is 9.32 Å². The first-order valence-electron chi connectivity index (χ1n) is 13.3. The van der Waals surface area contributed by atoms with Gasteiger partial charge in [0.15, 0.2) is 5.65 Å². The van der Waals surface area contributed by atoms with Crippen LogP contribution in [0.2, 0.25) is 0 Å². The highest BCUT2D eigenvalue weighted by Gasteiger charge is 2.28. The molecule has 2 aromatic heterocycles. The molecule has 1 unspecified atom stereocenters. The number of benzene rings is 2. The standard InChI is InChI=1S/C28H33N7O2S/c1-33-15-17-34(18-16-33)21-9-7-20(8-10-21)30-27-29-19-25-26(32-27)35(22-11-13-23(36)14-12-22)28(31-25)38(37)24-5-3-2-4-6-24/h2-10,19,22-23,36H,11-18H2,1H3,(H,29,30,32). The van der Waals surface area contributed by atoms with Gasteiger partial charge in [0.25, 0.3) is 0 Å². The van der Waals surface area contributed by atoms with Gasteiger partial charge in [-0.1, -0.05) is 18.2 Å². The van der Waals surface area contributed by atoms with Crippen molar-refractivity contribution in [1.82, 2.24) is 24.4 Å². The number of aliphatic hydroxyl groups is 1. The average Bonchev–Trinajstić information content (AvgIpc) is 3.33. The van der Waals surface area contributed by atoms with E-state index in [1.807, 2.05) is 34.9 Å². The Balaban J connectivity index is 1.30. The Morgan fingerprint density at radius 1 is 0.921 bits per heavy atom. The Hall–Kier alpha value is -3.34. The fraction of sp³-hybridized carbons (Fsp3) is 0.393. The van der Waals surface area contributed by atoms with E-state index in [4.69, 9.17) is 9.97 Å². The molecular formula is C28H33N7O2S. The van der Waals surface area contributed by atoms with Crippen LogP contribution in [-0.2, 0) is 10.8 Å². The summed E-state index contributed by atoms with van der Waals surface area (Å²) in [5.41, 5.74) is 3.40. The third-order valence-electron chi connectivity index (χ3n) is 7.55. The van der Waals surface area contributed by atoms with Crippen LogP contribution in [0, 0.1) is 0 Å². The van der Waals surface area contributed by atoms with Crippen molar-refractivity contribution in [3.05, 3.63) is 60.8 Å². The third-order valence-corrected chi connectivity index (χ3v) is 8.87. The first-order chi connectivity index (χ1) is 18.5. The van der Waals surface area contributed by atoms with E-state index in [1.165, 1.54) is 5.69 Å². The number of aromatic nitrogens is 4. The smallest absolute Gasteiger partial charge is 0.229 e. The molecule has 1 saturated heterocycles. The Kier molecular flexibility index (Phi) is 7.10. The number of aliphatic hydroxyl groups excluding tert-OH is 1. The Morgan fingerprint density at radius 3 is 2.34 bits per heavy atom. The monoisotopic (exact) mass is 531 g/mol. The lowest BCUT2D eigenvalue weighted by Crippen LogP contribution is -2.44. The van der Waals surface area contributed by atoms with Crippen molar-refractivity contribution in [1.29, 1.82) is 0 Å². The van der Waals surface area contributed by atoms with Crippen LogP contribution >= 0.6 is 0 Å². The predicted molar refractivity (Wildman–Crippen MR) is 149 cm³/mol. The molecule has 10 heteroatoms. The van der Waals surface area contributed by atoms with Gasteiger partial charge in [0.2, 0.25) is 11.1 Å². The SMILES string of the molecule is CN1CCN(c2ccc(Nc3ncc4nc(S(=O)c5ccccc5)n(C5CCC(O)CC5)c4n3)cc2)CC1. The summed E-state index contributed by atoms with van der Waals surface area (Å²) in [5.74, 6) is 0.471. The number of nitrogens with one attached hydrogen (secondary N) is 1. The summed E-state index contributed by atoms with van der Waals surface area (Å²) in [4.78, 5) is 19.6. The Morgan fingerprint density at radius 2 is 1.63 bits per heavy atom. The maximum atomic E-state index is 13.6. The molecule has 1 saturated carbocycles. The zero-order chi connectivity index (χ0) is 26.1. The zero-order valence-electron chi connectivity index (χ0n) is 21.5. The second-order valence-electron chi connectivity index (χ2n) is 10.2. The molecule has 9 nitrogen and oxygen atoms in total. The number of rotatable bonds is 6. The second-order valence-corrected chi connectivity index (χ2v) is 11.5. The minimum Gasteiger partial charge on any atom is -0.393 e. The van der Waals surface area contributed by atoms with E-state index in [9.17, 15) is 9.32 Å². The van der Waals surface area contributed by atoms with Crippen LogP contribution in [0.25, 0.3) is 11.2 Å². The summed E-state index contributed by atoms with van der Waals surface area (Å²) >= 11 is 0. The molecule has 0 radical (unpaired) electrons. The van der Waals surface area contributed by atoms with Crippen LogP contribution in [0.4, 0.5) is 17.3 Å². The van der Waals surface area contributed by atoms with Gasteiger partial charge in [-0.25, -0.2) is 14.2 Å².